The topological polar surface area (TPSA) is 66.4 Å². The third-order valence-corrected chi connectivity index (χ3v) is 5.89. The van der Waals surface area contributed by atoms with Crippen LogP contribution < -0.4 is 0 Å². The second-order valence-electron chi connectivity index (χ2n) is 10.1. The zero-order chi connectivity index (χ0) is 22.6. The molecule has 2 heterocycles. The van der Waals surface area contributed by atoms with Crippen molar-refractivity contribution in [3.8, 4) is 11.1 Å². The van der Waals surface area contributed by atoms with Gasteiger partial charge in [0.05, 0.1) is 5.41 Å². The number of piperidine rings is 1. The highest BCUT2D eigenvalue weighted by Crippen LogP contribution is 2.38. The zero-order valence-electron chi connectivity index (χ0n) is 19.4. The molecule has 1 aromatic heterocycles. The van der Waals surface area contributed by atoms with E-state index in [2.05, 4.69) is 36.8 Å². The van der Waals surface area contributed by atoms with Gasteiger partial charge in [-0.3, -0.25) is 9.59 Å². The molecule has 0 aliphatic carbocycles. The molecule has 0 radical (unpaired) electrons. The molecule has 3 rings (SSSR count). The van der Waals surface area contributed by atoms with Crippen molar-refractivity contribution in [3.63, 3.8) is 0 Å². The number of carbonyl (C=O) groups is 2. The van der Waals surface area contributed by atoms with Crippen molar-refractivity contribution in [3.05, 3.63) is 48.5 Å². The van der Waals surface area contributed by atoms with Crippen LogP contribution in [0.5, 0.6) is 0 Å². The highest BCUT2D eigenvalue weighted by Gasteiger charge is 2.44. The minimum Gasteiger partial charge on any atom is -0.348 e. The average molecular weight is 423 g/mol. The predicted molar refractivity (Wildman–Crippen MR) is 122 cm³/mol. The maximum absolute atomic E-state index is 13.5. The van der Waals surface area contributed by atoms with E-state index < -0.39 is 5.41 Å². The van der Waals surface area contributed by atoms with Gasteiger partial charge < -0.3 is 9.80 Å². The molecular formula is C25H34N4O2. The summed E-state index contributed by atoms with van der Waals surface area (Å²) in [5.74, 6) is 0.216. The number of hydrogen-bond donors (Lipinski definition) is 0. The fourth-order valence-electron chi connectivity index (χ4n) is 4.54. The second-order valence-corrected chi connectivity index (χ2v) is 10.1. The Hall–Kier alpha value is -2.76. The molecule has 2 aromatic rings. The number of hydrogen-bond acceptors (Lipinski definition) is 4. The first-order chi connectivity index (χ1) is 14.6. The normalized spacial score (nSPS) is 19.2. The Bertz CT molecular complexity index is 921. The summed E-state index contributed by atoms with van der Waals surface area (Å²) in [5.41, 5.74) is 2.33. The minimum absolute atomic E-state index is 0.0807. The third kappa shape index (κ3) is 5.49. The van der Waals surface area contributed by atoms with Crippen molar-refractivity contribution in [2.75, 3.05) is 27.2 Å². The number of aromatic nitrogens is 2. The number of likely N-dealkylation sites (tertiary alicyclic amines) is 1. The van der Waals surface area contributed by atoms with Gasteiger partial charge in [0.1, 0.15) is 6.33 Å². The monoisotopic (exact) mass is 422 g/mol. The summed E-state index contributed by atoms with van der Waals surface area (Å²) < 4.78 is 0. The molecule has 6 heteroatoms. The Morgan fingerprint density at radius 1 is 1.13 bits per heavy atom. The Balaban J connectivity index is 1.96. The Labute approximate surface area is 185 Å². The van der Waals surface area contributed by atoms with E-state index in [4.69, 9.17) is 0 Å². The van der Waals surface area contributed by atoms with Crippen molar-refractivity contribution < 1.29 is 9.59 Å². The summed E-state index contributed by atoms with van der Waals surface area (Å²) in [6.45, 7) is 7.39. The van der Waals surface area contributed by atoms with E-state index in [0.29, 0.717) is 25.9 Å². The van der Waals surface area contributed by atoms with E-state index in [0.717, 1.165) is 29.5 Å². The van der Waals surface area contributed by atoms with Gasteiger partial charge in [0.2, 0.25) is 11.8 Å². The SMILES string of the molecule is CN(C)C(=O)[C@]1(Cc2ccccc2-c2cncnc2)CCCN(C(=O)CC(C)(C)C)C1. The van der Waals surface area contributed by atoms with Crippen LogP contribution in [0.4, 0.5) is 0 Å². The van der Waals surface area contributed by atoms with Gasteiger partial charge >= 0.3 is 0 Å². The van der Waals surface area contributed by atoms with Crippen LogP contribution in [-0.2, 0) is 16.0 Å². The van der Waals surface area contributed by atoms with E-state index >= 15 is 0 Å². The van der Waals surface area contributed by atoms with E-state index in [1.807, 2.05) is 23.1 Å². The summed E-state index contributed by atoms with van der Waals surface area (Å²) >= 11 is 0. The predicted octanol–water partition coefficient (Wildman–Crippen LogP) is 3.82. The van der Waals surface area contributed by atoms with E-state index in [1.165, 1.54) is 6.33 Å². The van der Waals surface area contributed by atoms with Crippen LogP contribution in [0.1, 0.15) is 45.6 Å². The summed E-state index contributed by atoms with van der Waals surface area (Å²) in [7, 11) is 3.61. The van der Waals surface area contributed by atoms with Crippen LogP contribution in [0.25, 0.3) is 11.1 Å². The molecule has 1 saturated heterocycles. The smallest absolute Gasteiger partial charge is 0.230 e. The van der Waals surface area contributed by atoms with Gasteiger partial charge in [-0.1, -0.05) is 45.0 Å². The van der Waals surface area contributed by atoms with Crippen LogP contribution in [-0.4, -0.2) is 58.8 Å². The van der Waals surface area contributed by atoms with Crippen molar-refractivity contribution in [1.82, 2.24) is 19.8 Å². The lowest BCUT2D eigenvalue weighted by molar-refractivity contribution is -0.147. The lowest BCUT2D eigenvalue weighted by Gasteiger charge is -2.44. The third-order valence-electron chi connectivity index (χ3n) is 5.89. The zero-order valence-corrected chi connectivity index (χ0v) is 19.4. The molecule has 1 aromatic carbocycles. The van der Waals surface area contributed by atoms with Crippen LogP contribution in [0, 0.1) is 10.8 Å². The van der Waals surface area contributed by atoms with Gasteiger partial charge in [0, 0.05) is 51.6 Å². The molecule has 1 fully saturated rings. The molecule has 1 atom stereocenters. The molecule has 1 aliphatic rings. The molecule has 2 amide bonds. The fourth-order valence-corrected chi connectivity index (χ4v) is 4.54. The van der Waals surface area contributed by atoms with Gasteiger partial charge in [-0.15, -0.1) is 0 Å². The molecule has 0 N–H and O–H groups in total. The number of amides is 2. The number of carbonyl (C=O) groups excluding carboxylic acids is 2. The fraction of sp³-hybridized carbons (Fsp3) is 0.520. The Kier molecular flexibility index (Phi) is 6.77. The van der Waals surface area contributed by atoms with Gasteiger partial charge in [-0.05, 0) is 35.8 Å². The van der Waals surface area contributed by atoms with Gasteiger partial charge in [0.15, 0.2) is 0 Å². The Morgan fingerprint density at radius 2 is 1.81 bits per heavy atom. The molecule has 0 unspecified atom stereocenters. The molecule has 0 spiro atoms. The molecule has 6 nitrogen and oxygen atoms in total. The summed E-state index contributed by atoms with van der Waals surface area (Å²) in [4.78, 5) is 38.4. The maximum Gasteiger partial charge on any atom is 0.230 e. The van der Waals surface area contributed by atoms with Crippen LogP contribution in [0.3, 0.4) is 0 Å². The first-order valence-corrected chi connectivity index (χ1v) is 10.9. The first kappa shape index (κ1) is 22.9. The molecule has 31 heavy (non-hydrogen) atoms. The van der Waals surface area contributed by atoms with Crippen LogP contribution in [0.2, 0.25) is 0 Å². The maximum atomic E-state index is 13.5. The van der Waals surface area contributed by atoms with Crippen molar-refractivity contribution in [1.29, 1.82) is 0 Å². The number of benzene rings is 1. The average Bonchev–Trinajstić information content (AvgIpc) is 2.73. The van der Waals surface area contributed by atoms with Crippen molar-refractivity contribution in [2.45, 2.75) is 46.5 Å². The molecule has 0 saturated carbocycles. The van der Waals surface area contributed by atoms with Gasteiger partial charge in [-0.2, -0.15) is 0 Å². The first-order valence-electron chi connectivity index (χ1n) is 10.9. The van der Waals surface area contributed by atoms with Crippen molar-refractivity contribution >= 4 is 11.8 Å². The quantitative estimate of drug-likeness (QED) is 0.735. The lowest BCUT2D eigenvalue weighted by atomic mass is 9.72. The van der Waals surface area contributed by atoms with Gasteiger partial charge in [-0.25, -0.2) is 9.97 Å². The van der Waals surface area contributed by atoms with Crippen LogP contribution >= 0.6 is 0 Å². The van der Waals surface area contributed by atoms with E-state index in [-0.39, 0.29) is 17.2 Å². The van der Waals surface area contributed by atoms with E-state index in [1.54, 1.807) is 31.4 Å². The minimum atomic E-state index is -0.638. The summed E-state index contributed by atoms with van der Waals surface area (Å²) in [5, 5.41) is 0. The van der Waals surface area contributed by atoms with Crippen LogP contribution in [0.15, 0.2) is 43.0 Å². The highest BCUT2D eigenvalue weighted by atomic mass is 16.2. The second kappa shape index (κ2) is 9.16. The summed E-state index contributed by atoms with van der Waals surface area (Å²) in [6.07, 6.45) is 7.77. The number of rotatable bonds is 5. The molecule has 1 aliphatic heterocycles. The van der Waals surface area contributed by atoms with Gasteiger partial charge in [0.25, 0.3) is 0 Å². The van der Waals surface area contributed by atoms with Crippen molar-refractivity contribution in [2.24, 2.45) is 10.8 Å². The molecule has 0 bridgehead atoms. The largest absolute Gasteiger partial charge is 0.348 e. The number of nitrogens with zero attached hydrogens (tertiary/aromatic N) is 4. The lowest BCUT2D eigenvalue weighted by Crippen LogP contribution is -2.54. The van der Waals surface area contributed by atoms with E-state index in [9.17, 15) is 9.59 Å². The molecular weight excluding hydrogens is 388 g/mol. The highest BCUT2D eigenvalue weighted by molar-refractivity contribution is 5.85. The standard InChI is InChI=1S/C25H34N4O2/c1-24(2,3)14-22(30)29-12-8-11-25(17-29,23(31)28(4)5)13-19-9-6-7-10-21(19)20-15-26-18-27-16-20/h6-7,9-10,15-16,18H,8,11-14,17H2,1-5H3/t25-/m0/s1. The Morgan fingerprint density at radius 3 is 2.45 bits per heavy atom. The molecule has 166 valence electrons. The summed E-state index contributed by atoms with van der Waals surface area (Å²) in [6, 6.07) is 8.12.